The van der Waals surface area contributed by atoms with Gasteiger partial charge in [0.15, 0.2) is 11.5 Å². The van der Waals surface area contributed by atoms with Gasteiger partial charge in [-0.2, -0.15) is 0 Å². The summed E-state index contributed by atoms with van der Waals surface area (Å²) in [7, 11) is 2.96. The molecule has 1 fully saturated rings. The Morgan fingerprint density at radius 2 is 1.53 bits per heavy atom. The van der Waals surface area contributed by atoms with Gasteiger partial charge >= 0.3 is 0 Å². The summed E-state index contributed by atoms with van der Waals surface area (Å²) in [4.78, 5) is 28.0. The molecule has 0 aliphatic carbocycles. The van der Waals surface area contributed by atoms with Crippen molar-refractivity contribution in [2.24, 2.45) is 0 Å². The van der Waals surface area contributed by atoms with E-state index < -0.39 is 17.7 Å². The fourth-order valence-electron chi connectivity index (χ4n) is 4.40. The van der Waals surface area contributed by atoms with Gasteiger partial charge in [-0.15, -0.1) is 0 Å². The number of aliphatic hydroxyl groups is 1. The largest absolute Gasteiger partial charge is 0.508 e. The number of carbonyl (C=O) groups is 2. The van der Waals surface area contributed by atoms with Crippen LogP contribution in [0.25, 0.3) is 5.76 Å². The Bertz CT molecular complexity index is 1370. The number of hydrogen-bond donors (Lipinski definition) is 2. The van der Waals surface area contributed by atoms with E-state index >= 15 is 0 Å². The summed E-state index contributed by atoms with van der Waals surface area (Å²) in [6, 6.07) is 17.4. The van der Waals surface area contributed by atoms with E-state index in [1.54, 1.807) is 30.3 Å². The van der Waals surface area contributed by atoms with E-state index in [0.717, 1.165) is 5.56 Å². The normalized spacial score (nSPS) is 17.0. The van der Waals surface area contributed by atoms with Crippen LogP contribution in [0, 0.1) is 0 Å². The molecule has 1 heterocycles. The predicted molar refractivity (Wildman–Crippen MR) is 142 cm³/mol. The van der Waals surface area contributed by atoms with Crippen molar-refractivity contribution < 1.29 is 34.0 Å². The monoisotopic (exact) mass is 517 g/mol. The molecule has 1 amide bonds. The maximum absolute atomic E-state index is 13.3. The molecule has 1 atom stereocenters. The van der Waals surface area contributed by atoms with Crippen LogP contribution < -0.4 is 14.2 Å². The number of phenolic OH excluding ortho intramolecular Hbond substituents is 1. The summed E-state index contributed by atoms with van der Waals surface area (Å²) in [5.74, 6) is -0.322. The molecule has 198 valence electrons. The molecule has 4 rings (SSSR count). The molecule has 1 unspecified atom stereocenters. The lowest BCUT2D eigenvalue weighted by Gasteiger charge is -2.26. The molecule has 8 nitrogen and oxygen atoms in total. The molecule has 8 heteroatoms. The molecule has 1 aliphatic rings. The number of Topliss-reactive ketones (excluding diaryl/α,β-unsaturated/α-hetero) is 1. The van der Waals surface area contributed by atoms with Gasteiger partial charge in [-0.25, -0.2) is 0 Å². The smallest absolute Gasteiger partial charge is 0.295 e. The molecule has 38 heavy (non-hydrogen) atoms. The summed E-state index contributed by atoms with van der Waals surface area (Å²) >= 11 is 0. The van der Waals surface area contributed by atoms with Gasteiger partial charge in [0.2, 0.25) is 0 Å². The van der Waals surface area contributed by atoms with Crippen molar-refractivity contribution in [3.05, 3.63) is 89.0 Å². The number of methoxy groups -OCH3 is 2. The zero-order chi connectivity index (χ0) is 27.6. The molecule has 2 N–H and O–H groups in total. The number of carbonyl (C=O) groups excluding carboxylic acids is 2. The number of benzene rings is 3. The van der Waals surface area contributed by atoms with E-state index in [0.29, 0.717) is 28.4 Å². The SMILES string of the molecule is COc1ccc(/C(O)=C2/C(=O)C(=O)N(Cc3ccc(OC(C)(C)C)cc3)C2c2ccc(O)cc2)cc1OC. The van der Waals surface area contributed by atoms with Crippen molar-refractivity contribution in [3.63, 3.8) is 0 Å². The van der Waals surface area contributed by atoms with Gasteiger partial charge < -0.3 is 29.3 Å². The predicted octanol–water partition coefficient (Wildman–Crippen LogP) is 5.21. The molecular formula is C30H31NO7. The number of ether oxygens (including phenoxy) is 3. The molecule has 0 radical (unpaired) electrons. The van der Waals surface area contributed by atoms with E-state index in [1.807, 2.05) is 45.0 Å². The van der Waals surface area contributed by atoms with Gasteiger partial charge in [0.05, 0.1) is 25.8 Å². The van der Waals surface area contributed by atoms with Gasteiger partial charge in [0.1, 0.15) is 22.9 Å². The number of hydrogen-bond acceptors (Lipinski definition) is 7. The number of ketones is 1. The molecule has 0 spiro atoms. The molecule has 0 bridgehead atoms. The van der Waals surface area contributed by atoms with E-state index in [1.165, 1.54) is 31.3 Å². The van der Waals surface area contributed by atoms with Crippen LogP contribution in [0.1, 0.15) is 43.5 Å². The molecule has 3 aromatic carbocycles. The Balaban J connectivity index is 1.77. The van der Waals surface area contributed by atoms with Crippen LogP contribution in [-0.2, 0) is 16.1 Å². The van der Waals surface area contributed by atoms with E-state index in [9.17, 15) is 19.8 Å². The Morgan fingerprint density at radius 3 is 2.11 bits per heavy atom. The first-order valence-electron chi connectivity index (χ1n) is 12.1. The number of rotatable bonds is 7. The lowest BCUT2D eigenvalue weighted by Crippen LogP contribution is -2.29. The van der Waals surface area contributed by atoms with Crippen LogP contribution in [0.5, 0.6) is 23.0 Å². The first-order valence-corrected chi connectivity index (χ1v) is 12.1. The average molecular weight is 518 g/mol. The fraction of sp³-hybridized carbons (Fsp3) is 0.267. The van der Waals surface area contributed by atoms with Crippen LogP contribution in [0.3, 0.4) is 0 Å². The molecule has 1 aliphatic heterocycles. The molecule has 1 saturated heterocycles. The van der Waals surface area contributed by atoms with Crippen LogP contribution in [0.2, 0.25) is 0 Å². The highest BCUT2D eigenvalue weighted by molar-refractivity contribution is 6.46. The highest BCUT2D eigenvalue weighted by atomic mass is 16.5. The third-order valence-corrected chi connectivity index (χ3v) is 6.11. The van der Waals surface area contributed by atoms with E-state index in [2.05, 4.69) is 0 Å². The third-order valence-electron chi connectivity index (χ3n) is 6.11. The van der Waals surface area contributed by atoms with Gasteiger partial charge in [-0.1, -0.05) is 24.3 Å². The van der Waals surface area contributed by atoms with Gasteiger partial charge in [-0.3, -0.25) is 9.59 Å². The highest BCUT2D eigenvalue weighted by Gasteiger charge is 2.46. The molecule has 0 saturated carbocycles. The first kappa shape index (κ1) is 26.6. The molecule has 3 aromatic rings. The zero-order valence-electron chi connectivity index (χ0n) is 22.0. The number of amides is 1. The van der Waals surface area contributed by atoms with Crippen LogP contribution in [0.4, 0.5) is 0 Å². The average Bonchev–Trinajstić information content (AvgIpc) is 3.13. The number of aromatic hydroxyl groups is 1. The van der Waals surface area contributed by atoms with Crippen molar-refractivity contribution in [2.75, 3.05) is 14.2 Å². The van der Waals surface area contributed by atoms with Gasteiger partial charge in [0.25, 0.3) is 11.7 Å². The van der Waals surface area contributed by atoms with Crippen molar-refractivity contribution in [2.45, 2.75) is 39.0 Å². The van der Waals surface area contributed by atoms with Crippen molar-refractivity contribution in [1.29, 1.82) is 0 Å². The second kappa shape index (κ2) is 10.5. The second-order valence-electron chi connectivity index (χ2n) is 9.95. The van der Waals surface area contributed by atoms with E-state index in [-0.39, 0.29) is 29.2 Å². The summed E-state index contributed by atoms with van der Waals surface area (Å²) in [5.41, 5.74) is 1.23. The number of likely N-dealkylation sites (tertiary alicyclic amines) is 1. The van der Waals surface area contributed by atoms with Crippen molar-refractivity contribution >= 4 is 17.4 Å². The summed E-state index contributed by atoms with van der Waals surface area (Å²) in [6.07, 6.45) is 0. The summed E-state index contributed by atoms with van der Waals surface area (Å²) < 4.78 is 16.5. The zero-order valence-corrected chi connectivity index (χ0v) is 22.0. The minimum absolute atomic E-state index is 0.0417. The summed E-state index contributed by atoms with van der Waals surface area (Å²) in [6.45, 7) is 5.98. The summed E-state index contributed by atoms with van der Waals surface area (Å²) in [5, 5.41) is 21.1. The molecular weight excluding hydrogens is 486 g/mol. The fourth-order valence-corrected chi connectivity index (χ4v) is 4.40. The lowest BCUT2D eigenvalue weighted by molar-refractivity contribution is -0.140. The minimum atomic E-state index is -0.880. The Kier molecular flexibility index (Phi) is 7.35. The highest BCUT2D eigenvalue weighted by Crippen LogP contribution is 2.41. The quantitative estimate of drug-likeness (QED) is 0.252. The Morgan fingerprint density at radius 1 is 0.895 bits per heavy atom. The second-order valence-corrected chi connectivity index (χ2v) is 9.95. The third kappa shape index (κ3) is 5.44. The topological polar surface area (TPSA) is 106 Å². The first-order chi connectivity index (χ1) is 18.0. The number of aliphatic hydroxyl groups excluding tert-OH is 1. The van der Waals surface area contributed by atoms with Crippen LogP contribution in [0.15, 0.2) is 72.3 Å². The van der Waals surface area contributed by atoms with Crippen LogP contribution >= 0.6 is 0 Å². The van der Waals surface area contributed by atoms with Gasteiger partial charge in [0, 0.05) is 12.1 Å². The molecule has 0 aromatic heterocycles. The Hall–Kier alpha value is -4.46. The lowest BCUT2D eigenvalue weighted by atomic mass is 9.95. The van der Waals surface area contributed by atoms with E-state index in [4.69, 9.17) is 14.2 Å². The van der Waals surface area contributed by atoms with Crippen molar-refractivity contribution in [1.82, 2.24) is 4.90 Å². The Labute approximate surface area is 221 Å². The standard InChI is InChI=1S/C30H31NO7/c1-30(2,3)38-22-13-6-18(7-14-22)17-31-26(19-8-11-21(32)12-9-19)25(28(34)29(31)35)27(33)20-10-15-23(36-4)24(16-20)37-5/h6-16,26,32-33H,17H2,1-5H3/b27-25-. The maximum Gasteiger partial charge on any atom is 0.295 e. The number of phenols is 1. The maximum atomic E-state index is 13.3. The minimum Gasteiger partial charge on any atom is -0.508 e. The number of nitrogens with zero attached hydrogens (tertiary/aromatic N) is 1. The van der Waals surface area contributed by atoms with Crippen LogP contribution in [-0.4, -0.2) is 46.6 Å². The van der Waals surface area contributed by atoms with Gasteiger partial charge in [-0.05, 0) is 74.4 Å². The van der Waals surface area contributed by atoms with Crippen molar-refractivity contribution in [3.8, 4) is 23.0 Å².